The molecule has 1 aromatic carbocycles. The summed E-state index contributed by atoms with van der Waals surface area (Å²) < 4.78 is 0. The molecule has 13 heavy (non-hydrogen) atoms. The van der Waals surface area contributed by atoms with Crippen molar-refractivity contribution in [1.29, 1.82) is 0 Å². The van der Waals surface area contributed by atoms with Crippen LogP contribution in [0.25, 0.3) is 0 Å². The standard InChI is InChI=1S/C9H10Cl2N2/c10-7-2-1-6-5(3-12)4-13-9(6)8(7)11/h1-2,5,13H,3-4,12H2. The van der Waals surface area contributed by atoms with E-state index >= 15 is 0 Å². The summed E-state index contributed by atoms with van der Waals surface area (Å²) in [5.74, 6) is 0.366. The number of benzene rings is 1. The molecule has 0 radical (unpaired) electrons. The molecule has 0 aliphatic carbocycles. The predicted octanol–water partition coefficient (Wildman–Crippen LogP) is 2.46. The molecular formula is C9H10Cl2N2. The number of nitrogens with one attached hydrogen (secondary N) is 1. The average Bonchev–Trinajstić information content (AvgIpc) is 2.55. The van der Waals surface area contributed by atoms with Crippen molar-refractivity contribution < 1.29 is 0 Å². The lowest BCUT2D eigenvalue weighted by Crippen LogP contribution is -2.13. The van der Waals surface area contributed by atoms with E-state index in [2.05, 4.69) is 5.32 Å². The number of anilines is 1. The molecule has 2 nitrogen and oxygen atoms in total. The zero-order chi connectivity index (χ0) is 9.42. The van der Waals surface area contributed by atoms with Crippen molar-refractivity contribution in [3.63, 3.8) is 0 Å². The van der Waals surface area contributed by atoms with Crippen LogP contribution >= 0.6 is 23.2 Å². The Balaban J connectivity index is 2.50. The second kappa shape index (κ2) is 3.37. The maximum atomic E-state index is 6.03. The van der Waals surface area contributed by atoms with Gasteiger partial charge in [-0.3, -0.25) is 0 Å². The summed E-state index contributed by atoms with van der Waals surface area (Å²) in [6.45, 7) is 1.49. The van der Waals surface area contributed by atoms with Crippen LogP contribution in [0, 0.1) is 0 Å². The number of rotatable bonds is 1. The minimum absolute atomic E-state index is 0.366. The van der Waals surface area contributed by atoms with Crippen molar-refractivity contribution in [2.24, 2.45) is 5.73 Å². The molecule has 1 heterocycles. The molecule has 1 aliphatic heterocycles. The van der Waals surface area contributed by atoms with Gasteiger partial charge in [0.25, 0.3) is 0 Å². The largest absolute Gasteiger partial charge is 0.383 e. The van der Waals surface area contributed by atoms with Crippen LogP contribution in [-0.2, 0) is 0 Å². The lowest BCUT2D eigenvalue weighted by Gasteiger charge is -2.06. The van der Waals surface area contributed by atoms with Crippen LogP contribution in [-0.4, -0.2) is 13.1 Å². The minimum Gasteiger partial charge on any atom is -0.383 e. The topological polar surface area (TPSA) is 38.0 Å². The molecule has 3 N–H and O–H groups in total. The summed E-state index contributed by atoms with van der Waals surface area (Å²) >= 11 is 11.9. The Kier molecular flexibility index (Phi) is 2.37. The molecule has 0 amide bonds. The van der Waals surface area contributed by atoms with Gasteiger partial charge < -0.3 is 11.1 Å². The summed E-state index contributed by atoms with van der Waals surface area (Å²) in [6.07, 6.45) is 0. The van der Waals surface area contributed by atoms with Gasteiger partial charge in [-0.1, -0.05) is 29.3 Å². The molecular weight excluding hydrogens is 207 g/mol. The Morgan fingerprint density at radius 1 is 1.46 bits per heavy atom. The third-order valence-corrected chi connectivity index (χ3v) is 3.18. The Morgan fingerprint density at radius 2 is 2.23 bits per heavy atom. The molecule has 0 saturated heterocycles. The normalized spacial score (nSPS) is 19.8. The second-order valence-corrected chi connectivity index (χ2v) is 3.92. The lowest BCUT2D eigenvalue weighted by atomic mass is 10.0. The van der Waals surface area contributed by atoms with E-state index in [1.54, 1.807) is 0 Å². The molecule has 4 heteroatoms. The average molecular weight is 217 g/mol. The van der Waals surface area contributed by atoms with E-state index in [1.807, 2.05) is 12.1 Å². The van der Waals surface area contributed by atoms with Crippen LogP contribution in [0.5, 0.6) is 0 Å². The van der Waals surface area contributed by atoms with Gasteiger partial charge in [0.15, 0.2) is 0 Å². The van der Waals surface area contributed by atoms with Gasteiger partial charge in [-0.25, -0.2) is 0 Å². The highest BCUT2D eigenvalue weighted by Crippen LogP contribution is 2.40. The zero-order valence-electron chi connectivity index (χ0n) is 6.98. The third kappa shape index (κ3) is 1.39. The highest BCUT2D eigenvalue weighted by molar-refractivity contribution is 6.43. The van der Waals surface area contributed by atoms with Crippen LogP contribution in [0.1, 0.15) is 11.5 Å². The van der Waals surface area contributed by atoms with Crippen molar-refractivity contribution >= 4 is 28.9 Å². The van der Waals surface area contributed by atoms with E-state index in [4.69, 9.17) is 28.9 Å². The molecule has 1 aromatic rings. The van der Waals surface area contributed by atoms with Gasteiger partial charge in [-0.05, 0) is 11.6 Å². The van der Waals surface area contributed by atoms with Crippen molar-refractivity contribution in [1.82, 2.24) is 0 Å². The monoisotopic (exact) mass is 216 g/mol. The first-order chi connectivity index (χ1) is 6.24. The molecule has 0 bridgehead atoms. The quantitative estimate of drug-likeness (QED) is 0.758. The first kappa shape index (κ1) is 9.13. The Labute approximate surface area is 87.0 Å². The molecule has 1 unspecified atom stereocenters. The van der Waals surface area contributed by atoms with Gasteiger partial charge >= 0.3 is 0 Å². The summed E-state index contributed by atoms with van der Waals surface area (Å²) in [7, 11) is 0. The van der Waals surface area contributed by atoms with E-state index in [-0.39, 0.29) is 0 Å². The summed E-state index contributed by atoms with van der Waals surface area (Å²) in [5.41, 5.74) is 7.75. The molecule has 1 aliphatic rings. The van der Waals surface area contributed by atoms with E-state index < -0.39 is 0 Å². The van der Waals surface area contributed by atoms with Crippen LogP contribution < -0.4 is 11.1 Å². The Morgan fingerprint density at radius 3 is 2.92 bits per heavy atom. The van der Waals surface area contributed by atoms with Crippen molar-refractivity contribution in [3.05, 3.63) is 27.7 Å². The Hall–Kier alpha value is -0.440. The van der Waals surface area contributed by atoms with Gasteiger partial charge in [-0.15, -0.1) is 0 Å². The van der Waals surface area contributed by atoms with Crippen molar-refractivity contribution in [2.75, 3.05) is 18.4 Å². The maximum Gasteiger partial charge on any atom is 0.0826 e. The smallest absolute Gasteiger partial charge is 0.0826 e. The van der Waals surface area contributed by atoms with Gasteiger partial charge in [0, 0.05) is 19.0 Å². The number of nitrogens with two attached hydrogens (primary N) is 1. The number of halogens is 2. The van der Waals surface area contributed by atoms with Crippen LogP contribution in [0.3, 0.4) is 0 Å². The molecule has 70 valence electrons. The fraction of sp³-hybridized carbons (Fsp3) is 0.333. The molecule has 2 rings (SSSR count). The SMILES string of the molecule is NCC1CNc2c1ccc(Cl)c2Cl. The van der Waals surface area contributed by atoms with Crippen LogP contribution in [0.15, 0.2) is 12.1 Å². The maximum absolute atomic E-state index is 6.03. The molecule has 0 saturated carbocycles. The van der Waals surface area contributed by atoms with Gasteiger partial charge in [0.2, 0.25) is 0 Å². The highest BCUT2D eigenvalue weighted by atomic mass is 35.5. The molecule has 0 aromatic heterocycles. The molecule has 0 spiro atoms. The predicted molar refractivity (Wildman–Crippen MR) is 56.7 cm³/mol. The fourth-order valence-corrected chi connectivity index (χ4v) is 2.03. The number of hydrogen-bond donors (Lipinski definition) is 2. The summed E-state index contributed by atoms with van der Waals surface area (Å²) in [5, 5.41) is 4.41. The van der Waals surface area contributed by atoms with Crippen molar-refractivity contribution in [3.8, 4) is 0 Å². The lowest BCUT2D eigenvalue weighted by molar-refractivity contribution is 0.767. The van der Waals surface area contributed by atoms with Crippen LogP contribution in [0.2, 0.25) is 10.0 Å². The number of fused-ring (bicyclic) bond motifs is 1. The van der Waals surface area contributed by atoms with Gasteiger partial charge in [0.1, 0.15) is 0 Å². The first-order valence-corrected chi connectivity index (χ1v) is 4.91. The fourth-order valence-electron chi connectivity index (χ4n) is 1.63. The van der Waals surface area contributed by atoms with E-state index in [1.165, 1.54) is 5.56 Å². The zero-order valence-corrected chi connectivity index (χ0v) is 8.49. The number of hydrogen-bond acceptors (Lipinski definition) is 2. The highest BCUT2D eigenvalue weighted by Gasteiger charge is 2.23. The van der Waals surface area contributed by atoms with E-state index in [0.29, 0.717) is 22.5 Å². The molecule has 0 fully saturated rings. The van der Waals surface area contributed by atoms with E-state index in [9.17, 15) is 0 Å². The first-order valence-electron chi connectivity index (χ1n) is 4.16. The second-order valence-electron chi connectivity index (χ2n) is 3.14. The van der Waals surface area contributed by atoms with Gasteiger partial charge in [-0.2, -0.15) is 0 Å². The van der Waals surface area contributed by atoms with Crippen LogP contribution in [0.4, 0.5) is 5.69 Å². The van der Waals surface area contributed by atoms with Crippen molar-refractivity contribution in [2.45, 2.75) is 5.92 Å². The summed E-state index contributed by atoms with van der Waals surface area (Å²) in [4.78, 5) is 0. The van der Waals surface area contributed by atoms with E-state index in [0.717, 1.165) is 12.2 Å². The Bertz CT molecular complexity index is 339. The van der Waals surface area contributed by atoms with Gasteiger partial charge in [0.05, 0.1) is 15.7 Å². The molecule has 1 atom stereocenters. The minimum atomic E-state index is 0.366. The summed E-state index contributed by atoms with van der Waals surface area (Å²) in [6, 6.07) is 3.81. The third-order valence-electron chi connectivity index (χ3n) is 2.38.